The first kappa shape index (κ1) is 23.6. The topological polar surface area (TPSA) is 91.5 Å². The SMILES string of the molecule is Fc1cccc(-c2cccc3[nH]c(-c4n[nH]c5ccc(C6=CC7(CC7)CC(OC7CCNCC7)=C6)nc45)nc23)c1. The van der Waals surface area contributed by atoms with E-state index in [1.165, 1.54) is 25.0 Å². The molecule has 4 heterocycles. The minimum atomic E-state index is -0.274. The van der Waals surface area contributed by atoms with Crippen molar-refractivity contribution in [3.05, 3.63) is 84.0 Å². The number of aromatic amines is 2. The van der Waals surface area contributed by atoms with Crippen LogP contribution in [0.1, 0.15) is 37.8 Å². The summed E-state index contributed by atoms with van der Waals surface area (Å²) in [6.07, 6.45) is 10.3. The lowest BCUT2D eigenvalue weighted by atomic mass is 9.90. The van der Waals surface area contributed by atoms with E-state index in [4.69, 9.17) is 14.7 Å². The zero-order valence-electron chi connectivity index (χ0n) is 22.0. The second kappa shape index (κ2) is 9.13. The van der Waals surface area contributed by atoms with Gasteiger partial charge in [-0.1, -0.05) is 30.3 Å². The third kappa shape index (κ3) is 4.19. The minimum Gasteiger partial charge on any atom is -0.495 e. The lowest BCUT2D eigenvalue weighted by Crippen LogP contribution is -2.32. The van der Waals surface area contributed by atoms with Gasteiger partial charge in [0.05, 0.1) is 28.0 Å². The highest BCUT2D eigenvalue weighted by Gasteiger charge is 2.44. The molecular formula is C32H29FN6O. The number of rotatable bonds is 5. The molecule has 1 aliphatic heterocycles. The van der Waals surface area contributed by atoms with Crippen LogP contribution in [0.3, 0.4) is 0 Å². The first-order valence-corrected chi connectivity index (χ1v) is 14.0. The van der Waals surface area contributed by atoms with Crippen molar-refractivity contribution < 1.29 is 9.13 Å². The van der Waals surface area contributed by atoms with Gasteiger partial charge in [0.1, 0.15) is 17.4 Å². The summed E-state index contributed by atoms with van der Waals surface area (Å²) in [5, 5.41) is 11.1. The monoisotopic (exact) mass is 532 g/mol. The largest absolute Gasteiger partial charge is 0.495 e. The van der Waals surface area contributed by atoms with Gasteiger partial charge >= 0.3 is 0 Å². The van der Waals surface area contributed by atoms with E-state index in [0.717, 1.165) is 82.6 Å². The van der Waals surface area contributed by atoms with Gasteiger partial charge in [0.2, 0.25) is 0 Å². The number of halogens is 1. The Hall–Kier alpha value is -4.30. The summed E-state index contributed by atoms with van der Waals surface area (Å²) in [5.74, 6) is 1.43. The van der Waals surface area contributed by atoms with Crippen molar-refractivity contribution >= 4 is 27.6 Å². The maximum absolute atomic E-state index is 14.0. The summed E-state index contributed by atoms with van der Waals surface area (Å²) in [6, 6.07) is 16.5. The molecule has 8 heteroatoms. The number of allylic oxidation sites excluding steroid dienone is 4. The number of benzene rings is 2. The molecule has 2 fully saturated rings. The van der Waals surface area contributed by atoms with Gasteiger partial charge in [-0.2, -0.15) is 5.10 Å². The number of fused-ring (bicyclic) bond motifs is 2. The van der Waals surface area contributed by atoms with Crippen LogP contribution < -0.4 is 5.32 Å². The van der Waals surface area contributed by atoms with Gasteiger partial charge in [-0.05, 0) is 86.2 Å². The van der Waals surface area contributed by atoms with Crippen molar-refractivity contribution in [3.63, 3.8) is 0 Å². The van der Waals surface area contributed by atoms with Crippen molar-refractivity contribution in [1.29, 1.82) is 0 Å². The molecule has 40 heavy (non-hydrogen) atoms. The number of pyridine rings is 1. The molecule has 0 bridgehead atoms. The van der Waals surface area contributed by atoms with Crippen LogP contribution in [0.15, 0.2) is 72.5 Å². The van der Waals surface area contributed by atoms with Crippen molar-refractivity contribution in [2.75, 3.05) is 13.1 Å². The van der Waals surface area contributed by atoms with Crippen LogP contribution >= 0.6 is 0 Å². The van der Waals surface area contributed by atoms with Gasteiger partial charge < -0.3 is 15.0 Å². The van der Waals surface area contributed by atoms with Crippen molar-refractivity contribution in [1.82, 2.24) is 30.5 Å². The fourth-order valence-corrected chi connectivity index (χ4v) is 6.08. The normalized spacial score (nSPS) is 18.7. The molecule has 200 valence electrons. The summed E-state index contributed by atoms with van der Waals surface area (Å²) >= 11 is 0. The molecule has 7 nitrogen and oxygen atoms in total. The molecule has 1 saturated carbocycles. The van der Waals surface area contributed by atoms with Crippen LogP contribution in [0.4, 0.5) is 4.39 Å². The fraction of sp³-hybridized carbons (Fsp3) is 0.281. The second-order valence-electron chi connectivity index (χ2n) is 11.3. The number of ether oxygens (including phenoxy) is 1. The molecule has 5 aromatic rings. The Morgan fingerprint density at radius 2 is 1.80 bits per heavy atom. The predicted molar refractivity (Wildman–Crippen MR) is 154 cm³/mol. The standard InChI is InChI=1S/C32H29FN6O/c33-21-4-1-3-19(15-21)24-5-2-6-26-28(24)37-31(36-26)30-29-27(38-39-30)8-7-25(35-29)20-16-23(18-32(17-20)11-12-32)40-22-9-13-34-14-10-22/h1-8,15-17,22,34H,9-14,18H2,(H,36,37)(H,38,39). The number of hydrogen-bond donors (Lipinski definition) is 3. The van der Waals surface area contributed by atoms with Gasteiger partial charge in [0, 0.05) is 17.6 Å². The van der Waals surface area contributed by atoms with Crippen LogP contribution in [0.25, 0.3) is 50.3 Å². The molecule has 2 aromatic carbocycles. The van der Waals surface area contributed by atoms with Crippen LogP contribution in [-0.2, 0) is 4.74 Å². The molecule has 3 aromatic heterocycles. The average Bonchev–Trinajstić information content (AvgIpc) is 3.37. The van der Waals surface area contributed by atoms with Crippen LogP contribution in [0.5, 0.6) is 0 Å². The summed E-state index contributed by atoms with van der Waals surface area (Å²) in [4.78, 5) is 13.4. The Labute approximate surface area is 230 Å². The van der Waals surface area contributed by atoms with Gasteiger partial charge in [-0.25, -0.2) is 14.4 Å². The Morgan fingerprint density at radius 3 is 2.65 bits per heavy atom. The van der Waals surface area contributed by atoms with Crippen molar-refractivity contribution in [2.45, 2.75) is 38.2 Å². The molecule has 0 amide bonds. The van der Waals surface area contributed by atoms with E-state index in [-0.39, 0.29) is 17.3 Å². The Morgan fingerprint density at radius 1 is 0.925 bits per heavy atom. The number of para-hydroxylation sites is 1. The predicted octanol–water partition coefficient (Wildman–Crippen LogP) is 6.53. The molecule has 0 atom stereocenters. The number of H-pyrrole nitrogens is 2. The fourth-order valence-electron chi connectivity index (χ4n) is 6.08. The Balaban J connectivity index is 1.17. The van der Waals surface area contributed by atoms with E-state index >= 15 is 0 Å². The van der Waals surface area contributed by atoms with E-state index in [1.807, 2.05) is 30.3 Å². The lowest BCUT2D eigenvalue weighted by molar-refractivity contribution is 0.0782. The van der Waals surface area contributed by atoms with Crippen LogP contribution in [0.2, 0.25) is 0 Å². The lowest BCUT2D eigenvalue weighted by Gasteiger charge is -2.28. The summed E-state index contributed by atoms with van der Waals surface area (Å²) in [5.41, 5.74) is 7.75. The molecule has 0 radical (unpaired) electrons. The molecule has 0 unspecified atom stereocenters. The highest BCUT2D eigenvalue weighted by molar-refractivity contribution is 5.96. The maximum Gasteiger partial charge on any atom is 0.161 e. The average molecular weight is 533 g/mol. The summed E-state index contributed by atoms with van der Waals surface area (Å²) < 4.78 is 20.5. The third-order valence-electron chi connectivity index (χ3n) is 8.38. The Kier molecular flexibility index (Phi) is 5.38. The molecule has 3 N–H and O–H groups in total. The van der Waals surface area contributed by atoms with Crippen molar-refractivity contribution in [3.8, 4) is 22.6 Å². The maximum atomic E-state index is 14.0. The van der Waals surface area contributed by atoms with Gasteiger partial charge in [-0.3, -0.25) is 5.10 Å². The minimum absolute atomic E-state index is 0.203. The summed E-state index contributed by atoms with van der Waals surface area (Å²) in [7, 11) is 0. The number of aromatic nitrogens is 5. The van der Waals surface area contributed by atoms with Crippen LogP contribution in [-0.4, -0.2) is 44.3 Å². The van der Waals surface area contributed by atoms with Gasteiger partial charge in [0.15, 0.2) is 11.5 Å². The first-order chi connectivity index (χ1) is 19.6. The van der Waals surface area contributed by atoms with E-state index in [0.29, 0.717) is 11.5 Å². The third-order valence-corrected chi connectivity index (χ3v) is 8.38. The number of nitrogens with zero attached hydrogens (tertiary/aromatic N) is 3. The highest BCUT2D eigenvalue weighted by Crippen LogP contribution is 2.55. The molecule has 8 rings (SSSR count). The molecular weight excluding hydrogens is 503 g/mol. The molecule has 1 spiro atoms. The van der Waals surface area contributed by atoms with Crippen molar-refractivity contribution in [2.24, 2.45) is 5.41 Å². The Bertz CT molecular complexity index is 1820. The zero-order valence-corrected chi connectivity index (χ0v) is 22.0. The number of imidazole rings is 1. The van der Waals surface area contributed by atoms with E-state index < -0.39 is 0 Å². The summed E-state index contributed by atoms with van der Waals surface area (Å²) in [6.45, 7) is 2.03. The highest BCUT2D eigenvalue weighted by atomic mass is 19.1. The molecule has 1 saturated heterocycles. The van der Waals surface area contributed by atoms with Crippen LogP contribution in [0, 0.1) is 11.2 Å². The number of piperidine rings is 1. The molecule has 2 aliphatic carbocycles. The van der Waals surface area contributed by atoms with E-state index in [1.54, 1.807) is 6.07 Å². The quantitative estimate of drug-likeness (QED) is 0.240. The second-order valence-corrected chi connectivity index (χ2v) is 11.3. The van der Waals surface area contributed by atoms with E-state index in [2.05, 4.69) is 38.7 Å². The van der Waals surface area contributed by atoms with Gasteiger partial charge in [0.25, 0.3) is 0 Å². The molecule has 3 aliphatic rings. The first-order valence-electron chi connectivity index (χ1n) is 14.0. The van der Waals surface area contributed by atoms with Gasteiger partial charge in [-0.15, -0.1) is 0 Å². The van der Waals surface area contributed by atoms with E-state index in [9.17, 15) is 4.39 Å². The number of nitrogens with one attached hydrogen (secondary N) is 3. The zero-order chi connectivity index (χ0) is 26.7. The number of hydrogen-bond acceptors (Lipinski definition) is 5. The smallest absolute Gasteiger partial charge is 0.161 e.